The van der Waals surface area contributed by atoms with E-state index in [2.05, 4.69) is 10.1 Å². The van der Waals surface area contributed by atoms with E-state index >= 15 is 0 Å². The summed E-state index contributed by atoms with van der Waals surface area (Å²) in [5.74, 6) is -0.866. The maximum absolute atomic E-state index is 12.6. The zero-order valence-corrected chi connectivity index (χ0v) is 14.7. The van der Waals surface area contributed by atoms with Crippen LogP contribution in [-0.4, -0.2) is 33.8 Å². The van der Waals surface area contributed by atoms with Crippen LogP contribution in [0, 0.1) is 5.92 Å². The maximum Gasteiger partial charge on any atom is 0.417 e. The lowest BCUT2D eigenvalue weighted by Crippen LogP contribution is -2.42. The summed E-state index contributed by atoms with van der Waals surface area (Å²) in [7, 11) is 0. The van der Waals surface area contributed by atoms with Crippen molar-refractivity contribution >= 4 is 23.2 Å². The predicted octanol–water partition coefficient (Wildman–Crippen LogP) is 2.00. The highest BCUT2D eigenvalue weighted by Crippen LogP contribution is 2.29. The number of carbonyl (C=O) groups excluding carboxylic acids is 1. The van der Waals surface area contributed by atoms with Gasteiger partial charge >= 0.3 is 6.18 Å². The number of anilines is 1. The minimum Gasteiger partial charge on any atom is -0.369 e. The molecular formula is C16H15ClF3N5O2. The van der Waals surface area contributed by atoms with Gasteiger partial charge in [-0.1, -0.05) is 11.6 Å². The van der Waals surface area contributed by atoms with E-state index in [1.807, 2.05) is 0 Å². The minimum atomic E-state index is -4.53. The highest BCUT2D eigenvalue weighted by molar-refractivity contribution is 6.33. The Morgan fingerprint density at radius 1 is 1.30 bits per heavy atom. The van der Waals surface area contributed by atoms with Gasteiger partial charge in [0.2, 0.25) is 5.91 Å². The van der Waals surface area contributed by atoms with E-state index in [1.54, 1.807) is 4.90 Å². The van der Waals surface area contributed by atoms with Crippen molar-refractivity contribution in [3.05, 3.63) is 45.5 Å². The highest BCUT2D eigenvalue weighted by Gasteiger charge is 2.31. The zero-order chi connectivity index (χ0) is 19.8. The molecule has 1 atom stereocenters. The standard InChI is InChI=1S/C16H15ClF3N5O2/c17-13-11(24-5-1-2-9(8-24)14(21)26)7-23-25(15(13)27)12-4-3-10(6-22-12)16(18,19)20/h3-4,6-7,9H,1-2,5,8H2,(H2,21,26). The van der Waals surface area contributed by atoms with Crippen LogP contribution in [0.4, 0.5) is 18.9 Å². The lowest BCUT2D eigenvalue weighted by atomic mass is 9.97. The topological polar surface area (TPSA) is 94.1 Å². The molecule has 2 aromatic rings. The molecule has 11 heteroatoms. The third kappa shape index (κ3) is 3.90. The Balaban J connectivity index is 1.91. The number of alkyl halides is 3. The number of halogens is 4. The average Bonchev–Trinajstić information content (AvgIpc) is 2.63. The van der Waals surface area contributed by atoms with Gasteiger partial charge in [-0.15, -0.1) is 0 Å². The molecule has 2 aromatic heterocycles. The molecule has 2 N–H and O–H groups in total. The first-order valence-electron chi connectivity index (χ1n) is 8.04. The summed E-state index contributed by atoms with van der Waals surface area (Å²) >= 11 is 6.17. The van der Waals surface area contributed by atoms with Crippen molar-refractivity contribution in [2.24, 2.45) is 11.7 Å². The van der Waals surface area contributed by atoms with Crippen LogP contribution in [0.2, 0.25) is 5.02 Å². The first kappa shape index (κ1) is 19.2. The van der Waals surface area contributed by atoms with Crippen molar-refractivity contribution < 1.29 is 18.0 Å². The molecule has 3 heterocycles. The molecule has 0 spiro atoms. The number of primary amides is 1. The number of aromatic nitrogens is 3. The molecule has 27 heavy (non-hydrogen) atoms. The summed E-state index contributed by atoms with van der Waals surface area (Å²) < 4.78 is 38.7. The van der Waals surface area contributed by atoms with E-state index in [9.17, 15) is 22.8 Å². The van der Waals surface area contributed by atoms with Gasteiger partial charge in [0.15, 0.2) is 5.82 Å². The van der Waals surface area contributed by atoms with E-state index in [4.69, 9.17) is 17.3 Å². The van der Waals surface area contributed by atoms with Gasteiger partial charge in [0.05, 0.1) is 23.4 Å². The maximum atomic E-state index is 12.6. The molecular weight excluding hydrogens is 387 g/mol. The number of hydrogen-bond acceptors (Lipinski definition) is 5. The predicted molar refractivity (Wildman–Crippen MR) is 91.8 cm³/mol. The van der Waals surface area contributed by atoms with Crippen LogP contribution in [0.3, 0.4) is 0 Å². The third-order valence-electron chi connectivity index (χ3n) is 4.36. The van der Waals surface area contributed by atoms with Gasteiger partial charge in [0, 0.05) is 19.3 Å². The van der Waals surface area contributed by atoms with E-state index in [0.717, 1.165) is 16.8 Å². The SMILES string of the molecule is NC(=O)C1CCCN(c2cnn(-c3ccc(C(F)(F)F)cn3)c(=O)c2Cl)C1. The summed E-state index contributed by atoms with van der Waals surface area (Å²) in [5.41, 5.74) is 4.04. The molecule has 1 aliphatic rings. The second-order valence-electron chi connectivity index (χ2n) is 6.15. The molecule has 1 unspecified atom stereocenters. The summed E-state index contributed by atoms with van der Waals surface area (Å²) in [6.45, 7) is 0.895. The van der Waals surface area contributed by atoms with Crippen LogP contribution in [0.5, 0.6) is 0 Å². The van der Waals surface area contributed by atoms with Crippen LogP contribution in [0.1, 0.15) is 18.4 Å². The van der Waals surface area contributed by atoms with E-state index in [-0.39, 0.29) is 16.8 Å². The van der Waals surface area contributed by atoms with Crippen LogP contribution in [0.15, 0.2) is 29.3 Å². The van der Waals surface area contributed by atoms with Gasteiger partial charge in [-0.25, -0.2) is 4.98 Å². The summed E-state index contributed by atoms with van der Waals surface area (Å²) in [6.07, 6.45) is -1.23. The molecule has 3 rings (SSSR count). The van der Waals surface area contributed by atoms with Gasteiger partial charge in [-0.05, 0) is 25.0 Å². The second-order valence-corrected chi connectivity index (χ2v) is 6.53. The van der Waals surface area contributed by atoms with E-state index < -0.39 is 23.2 Å². The van der Waals surface area contributed by atoms with Gasteiger partial charge < -0.3 is 10.6 Å². The van der Waals surface area contributed by atoms with Crippen molar-refractivity contribution in [2.75, 3.05) is 18.0 Å². The fourth-order valence-corrected chi connectivity index (χ4v) is 3.16. The van der Waals surface area contributed by atoms with Crippen molar-refractivity contribution in [3.63, 3.8) is 0 Å². The molecule has 7 nitrogen and oxygen atoms in total. The first-order chi connectivity index (χ1) is 12.7. The van der Waals surface area contributed by atoms with Gasteiger partial charge in [-0.2, -0.15) is 23.0 Å². The number of nitrogens with two attached hydrogens (primary N) is 1. The van der Waals surface area contributed by atoms with Crippen molar-refractivity contribution in [2.45, 2.75) is 19.0 Å². The Kier molecular flexibility index (Phi) is 5.09. The average molecular weight is 402 g/mol. The number of pyridine rings is 1. The lowest BCUT2D eigenvalue weighted by Gasteiger charge is -2.33. The van der Waals surface area contributed by atoms with Gasteiger partial charge in [0.25, 0.3) is 5.56 Å². The summed E-state index contributed by atoms with van der Waals surface area (Å²) in [6, 6.07) is 1.84. The molecule has 1 amide bonds. The quantitative estimate of drug-likeness (QED) is 0.849. The largest absolute Gasteiger partial charge is 0.417 e. The summed E-state index contributed by atoms with van der Waals surface area (Å²) in [4.78, 5) is 29.3. The lowest BCUT2D eigenvalue weighted by molar-refractivity contribution is -0.137. The highest BCUT2D eigenvalue weighted by atomic mass is 35.5. The molecule has 0 saturated carbocycles. The van der Waals surface area contributed by atoms with Crippen LogP contribution < -0.4 is 16.2 Å². The first-order valence-corrected chi connectivity index (χ1v) is 8.42. The smallest absolute Gasteiger partial charge is 0.369 e. The monoisotopic (exact) mass is 401 g/mol. The van der Waals surface area contributed by atoms with Crippen LogP contribution in [-0.2, 0) is 11.0 Å². The van der Waals surface area contributed by atoms with Crippen molar-refractivity contribution in [1.82, 2.24) is 14.8 Å². The molecule has 0 bridgehead atoms. The molecule has 0 radical (unpaired) electrons. The summed E-state index contributed by atoms with van der Waals surface area (Å²) in [5, 5.41) is 3.81. The third-order valence-corrected chi connectivity index (χ3v) is 4.71. The Bertz CT molecular complexity index is 914. The molecule has 1 fully saturated rings. The van der Waals surface area contributed by atoms with Crippen molar-refractivity contribution in [1.29, 1.82) is 0 Å². The normalized spacial score (nSPS) is 17.8. The number of rotatable bonds is 3. The second kappa shape index (κ2) is 7.18. The van der Waals surface area contributed by atoms with Crippen LogP contribution in [0.25, 0.3) is 5.82 Å². The van der Waals surface area contributed by atoms with E-state index in [1.165, 1.54) is 6.20 Å². The number of nitrogens with zero attached hydrogens (tertiary/aromatic N) is 4. The zero-order valence-electron chi connectivity index (χ0n) is 13.9. The van der Waals surface area contributed by atoms with E-state index in [0.29, 0.717) is 37.8 Å². The Morgan fingerprint density at radius 2 is 2.04 bits per heavy atom. The molecule has 1 aliphatic heterocycles. The molecule has 0 aromatic carbocycles. The van der Waals surface area contributed by atoms with Gasteiger partial charge in [-0.3, -0.25) is 9.59 Å². The minimum absolute atomic E-state index is 0.0879. The number of carbonyl (C=O) groups is 1. The van der Waals surface area contributed by atoms with Crippen LogP contribution >= 0.6 is 11.6 Å². The van der Waals surface area contributed by atoms with Crippen molar-refractivity contribution in [3.8, 4) is 5.82 Å². The molecule has 144 valence electrons. The molecule has 0 aliphatic carbocycles. The molecule has 1 saturated heterocycles. The van der Waals surface area contributed by atoms with Gasteiger partial charge in [0.1, 0.15) is 5.02 Å². The Hall–Kier alpha value is -2.62. The Morgan fingerprint density at radius 3 is 2.63 bits per heavy atom. The number of amides is 1. The fraction of sp³-hybridized carbons (Fsp3) is 0.375. The number of piperidine rings is 1. The fourth-order valence-electron chi connectivity index (χ4n) is 2.91. The number of hydrogen-bond donors (Lipinski definition) is 1. The Labute approximate surface area is 156 Å².